The Morgan fingerprint density at radius 2 is 1.76 bits per heavy atom. The van der Waals surface area contributed by atoms with E-state index in [1.54, 1.807) is 49.8 Å². The highest BCUT2D eigenvalue weighted by atomic mass is 19.4. The van der Waals surface area contributed by atoms with Gasteiger partial charge in [0.1, 0.15) is 6.07 Å². The number of pyridine rings is 3. The lowest BCUT2D eigenvalue weighted by Crippen LogP contribution is -2.14. The number of hydrogen-bond acceptors (Lipinski definition) is 5. The number of amides is 1. The first-order valence-electron chi connectivity index (χ1n) is 10.0. The van der Waals surface area contributed by atoms with E-state index in [1.165, 1.54) is 18.3 Å². The Morgan fingerprint density at radius 3 is 2.47 bits per heavy atom. The quantitative estimate of drug-likeness (QED) is 0.425. The number of carbonyl (C=O) groups is 1. The number of carbonyl (C=O) groups excluding carboxylic acids is 1. The summed E-state index contributed by atoms with van der Waals surface area (Å²) in [5, 5.41) is 12.2. The fraction of sp³-hybridized carbons (Fsp3) is 0.0800. The number of rotatable bonds is 4. The SMILES string of the molecule is Cc1ncc(NC(=O)c2cccc(C(F)(F)F)c2)cc1-c1cnc(-c2ccncc2)c(C#N)c1. The molecule has 0 saturated carbocycles. The maximum absolute atomic E-state index is 13.0. The molecule has 0 unspecified atom stereocenters. The Labute approximate surface area is 192 Å². The van der Waals surface area contributed by atoms with Crippen LogP contribution >= 0.6 is 0 Å². The third kappa shape index (κ3) is 4.76. The predicted molar refractivity (Wildman–Crippen MR) is 120 cm³/mol. The van der Waals surface area contributed by atoms with Gasteiger partial charge in [-0.3, -0.25) is 19.7 Å². The average Bonchev–Trinajstić information content (AvgIpc) is 2.85. The Morgan fingerprint density at radius 1 is 1.00 bits per heavy atom. The predicted octanol–water partition coefficient (Wildman–Crippen LogP) is 5.66. The van der Waals surface area contributed by atoms with Gasteiger partial charge in [0.2, 0.25) is 0 Å². The van der Waals surface area contributed by atoms with Crippen molar-refractivity contribution in [3.63, 3.8) is 0 Å². The summed E-state index contributed by atoms with van der Waals surface area (Å²) in [7, 11) is 0. The van der Waals surface area contributed by atoms with Crippen molar-refractivity contribution in [3.8, 4) is 28.5 Å². The third-order valence-corrected chi connectivity index (χ3v) is 5.07. The van der Waals surface area contributed by atoms with Gasteiger partial charge in [-0.1, -0.05) is 6.07 Å². The third-order valence-electron chi connectivity index (χ3n) is 5.07. The monoisotopic (exact) mass is 459 g/mol. The molecule has 0 radical (unpaired) electrons. The molecule has 1 amide bonds. The molecule has 0 aliphatic heterocycles. The number of nitrogens with one attached hydrogen (secondary N) is 1. The second-order valence-corrected chi connectivity index (χ2v) is 7.36. The lowest BCUT2D eigenvalue weighted by atomic mass is 10.0. The van der Waals surface area contributed by atoms with E-state index in [0.29, 0.717) is 33.8 Å². The number of nitriles is 1. The first-order chi connectivity index (χ1) is 16.3. The average molecular weight is 459 g/mol. The van der Waals surface area contributed by atoms with Crippen LogP contribution in [0.15, 0.2) is 73.3 Å². The zero-order chi connectivity index (χ0) is 24.3. The van der Waals surface area contributed by atoms with Gasteiger partial charge in [0.15, 0.2) is 0 Å². The highest BCUT2D eigenvalue weighted by Gasteiger charge is 2.30. The van der Waals surface area contributed by atoms with Crippen molar-refractivity contribution in [2.75, 3.05) is 5.32 Å². The van der Waals surface area contributed by atoms with Crippen LogP contribution in [-0.4, -0.2) is 20.9 Å². The molecule has 0 aliphatic rings. The summed E-state index contributed by atoms with van der Waals surface area (Å²) in [5.74, 6) is -0.702. The van der Waals surface area contributed by atoms with Crippen molar-refractivity contribution < 1.29 is 18.0 Å². The summed E-state index contributed by atoms with van der Waals surface area (Å²) in [6.45, 7) is 1.76. The summed E-state index contributed by atoms with van der Waals surface area (Å²) in [6.07, 6.45) is 1.67. The first-order valence-corrected chi connectivity index (χ1v) is 10.0. The fourth-order valence-electron chi connectivity index (χ4n) is 3.37. The van der Waals surface area contributed by atoms with Crippen LogP contribution in [0.3, 0.4) is 0 Å². The molecule has 0 fully saturated rings. The van der Waals surface area contributed by atoms with E-state index in [4.69, 9.17) is 0 Å². The Balaban J connectivity index is 1.64. The molecular weight excluding hydrogens is 443 g/mol. The second kappa shape index (κ2) is 9.11. The van der Waals surface area contributed by atoms with Crippen molar-refractivity contribution in [1.82, 2.24) is 15.0 Å². The minimum atomic E-state index is -4.55. The van der Waals surface area contributed by atoms with Crippen LogP contribution in [-0.2, 0) is 6.18 Å². The molecule has 0 saturated heterocycles. The minimum Gasteiger partial charge on any atom is -0.321 e. The van der Waals surface area contributed by atoms with Gasteiger partial charge < -0.3 is 5.32 Å². The largest absolute Gasteiger partial charge is 0.416 e. The van der Waals surface area contributed by atoms with Crippen LogP contribution in [0, 0.1) is 18.3 Å². The maximum Gasteiger partial charge on any atom is 0.416 e. The number of aromatic nitrogens is 3. The number of hydrogen-bond donors (Lipinski definition) is 1. The van der Waals surface area contributed by atoms with Crippen molar-refractivity contribution in [1.29, 1.82) is 5.26 Å². The van der Waals surface area contributed by atoms with Crippen LogP contribution in [0.1, 0.15) is 27.2 Å². The van der Waals surface area contributed by atoms with Crippen LogP contribution in [0.4, 0.5) is 18.9 Å². The summed E-state index contributed by atoms with van der Waals surface area (Å²) in [5.41, 5.74) is 2.70. The van der Waals surface area contributed by atoms with Crippen molar-refractivity contribution in [2.45, 2.75) is 13.1 Å². The maximum atomic E-state index is 13.0. The van der Waals surface area contributed by atoms with Crippen LogP contribution in [0.5, 0.6) is 0 Å². The molecule has 6 nitrogen and oxygen atoms in total. The number of alkyl halides is 3. The molecule has 0 bridgehead atoms. The molecular formula is C25H16F3N5O. The molecule has 34 heavy (non-hydrogen) atoms. The Bertz CT molecular complexity index is 1410. The minimum absolute atomic E-state index is 0.132. The van der Waals surface area contributed by atoms with Crippen molar-refractivity contribution >= 4 is 11.6 Å². The van der Waals surface area contributed by atoms with E-state index >= 15 is 0 Å². The fourth-order valence-corrected chi connectivity index (χ4v) is 3.37. The van der Waals surface area contributed by atoms with Gasteiger partial charge in [-0.25, -0.2) is 0 Å². The lowest BCUT2D eigenvalue weighted by molar-refractivity contribution is -0.137. The molecule has 168 valence electrons. The van der Waals surface area contributed by atoms with Crippen LogP contribution in [0.2, 0.25) is 0 Å². The molecule has 1 aromatic carbocycles. The van der Waals surface area contributed by atoms with Gasteiger partial charge in [-0.05, 0) is 49.4 Å². The van der Waals surface area contributed by atoms with Gasteiger partial charge in [0.05, 0.1) is 28.7 Å². The Hall–Kier alpha value is -4.58. The molecule has 4 rings (SSSR count). The van der Waals surface area contributed by atoms with Crippen LogP contribution in [0.25, 0.3) is 22.4 Å². The summed E-state index contributed by atoms with van der Waals surface area (Å²) < 4.78 is 38.9. The zero-order valence-electron chi connectivity index (χ0n) is 17.8. The summed E-state index contributed by atoms with van der Waals surface area (Å²) >= 11 is 0. The van der Waals surface area contributed by atoms with Gasteiger partial charge in [-0.2, -0.15) is 18.4 Å². The van der Waals surface area contributed by atoms with E-state index < -0.39 is 17.6 Å². The van der Waals surface area contributed by atoms with E-state index in [-0.39, 0.29) is 5.56 Å². The second-order valence-electron chi connectivity index (χ2n) is 7.36. The topological polar surface area (TPSA) is 91.6 Å². The standard InChI is InChI=1S/C25H16F3N5O/c1-15-22(19-9-18(12-29)23(32-13-19)16-5-7-30-8-6-16)11-21(14-31-15)33-24(34)17-3-2-4-20(10-17)25(26,27)28/h2-11,13-14H,1H3,(H,33,34). The summed E-state index contributed by atoms with van der Waals surface area (Å²) in [6, 6.07) is 13.1. The van der Waals surface area contributed by atoms with E-state index in [1.807, 2.05) is 0 Å². The highest BCUT2D eigenvalue weighted by Crippen LogP contribution is 2.31. The lowest BCUT2D eigenvalue weighted by Gasteiger charge is -2.12. The van der Waals surface area contributed by atoms with E-state index in [9.17, 15) is 23.2 Å². The molecule has 0 atom stereocenters. The molecule has 9 heteroatoms. The molecule has 4 aromatic rings. The molecule has 3 aromatic heterocycles. The van der Waals surface area contributed by atoms with Gasteiger partial charge in [0, 0.05) is 46.5 Å². The number of benzene rings is 1. The smallest absolute Gasteiger partial charge is 0.321 e. The number of halogens is 3. The number of nitrogens with zero attached hydrogens (tertiary/aromatic N) is 4. The zero-order valence-corrected chi connectivity index (χ0v) is 17.8. The normalized spacial score (nSPS) is 11.0. The number of anilines is 1. The molecule has 0 spiro atoms. The number of aryl methyl sites for hydroxylation is 1. The summed E-state index contributed by atoms with van der Waals surface area (Å²) in [4.78, 5) is 25.2. The Kier molecular flexibility index (Phi) is 6.06. The first kappa shape index (κ1) is 22.6. The van der Waals surface area contributed by atoms with Crippen molar-refractivity contribution in [3.05, 3.63) is 95.7 Å². The van der Waals surface area contributed by atoms with Crippen molar-refractivity contribution in [2.24, 2.45) is 0 Å². The van der Waals surface area contributed by atoms with Crippen LogP contribution < -0.4 is 5.32 Å². The van der Waals surface area contributed by atoms with E-state index in [0.717, 1.165) is 17.7 Å². The molecule has 3 heterocycles. The van der Waals surface area contributed by atoms with Gasteiger partial charge >= 0.3 is 6.18 Å². The van der Waals surface area contributed by atoms with Gasteiger partial charge in [-0.15, -0.1) is 0 Å². The van der Waals surface area contributed by atoms with E-state index in [2.05, 4.69) is 26.3 Å². The molecule has 1 N–H and O–H groups in total. The van der Waals surface area contributed by atoms with Gasteiger partial charge in [0.25, 0.3) is 5.91 Å². The highest BCUT2D eigenvalue weighted by molar-refractivity contribution is 6.04. The molecule has 0 aliphatic carbocycles.